The highest BCUT2D eigenvalue weighted by Crippen LogP contribution is 2.62. The number of rotatable bonds is 4. The van der Waals surface area contributed by atoms with Gasteiger partial charge in [-0.2, -0.15) is 0 Å². The summed E-state index contributed by atoms with van der Waals surface area (Å²) < 4.78 is 4.16. The van der Waals surface area contributed by atoms with Crippen LogP contribution < -0.4 is 10.7 Å². The molecule has 4 nitrogen and oxygen atoms in total. The van der Waals surface area contributed by atoms with Crippen molar-refractivity contribution in [3.63, 3.8) is 0 Å². The van der Waals surface area contributed by atoms with Crippen molar-refractivity contribution in [2.24, 2.45) is 17.0 Å². The number of hydrogen-bond acceptors (Lipinski definition) is 7. The third kappa shape index (κ3) is 3.75. The van der Waals surface area contributed by atoms with Gasteiger partial charge in [0.2, 0.25) is 0 Å². The smallest absolute Gasteiger partial charge is 0.151 e. The Morgan fingerprint density at radius 3 is 1.66 bits per heavy atom. The number of aliphatic imine (C=N–C) groups is 2. The molecule has 0 fully saturated rings. The molecular weight excluding hydrogens is 617 g/mol. The summed E-state index contributed by atoms with van der Waals surface area (Å²) in [5.74, 6) is 0.970. The molecule has 0 saturated carbocycles. The third-order valence-electron chi connectivity index (χ3n) is 8.91. The van der Waals surface area contributed by atoms with Gasteiger partial charge >= 0.3 is 0 Å². The van der Waals surface area contributed by atoms with Crippen LogP contribution in [0.15, 0.2) is 113 Å². The lowest BCUT2D eigenvalue weighted by Gasteiger charge is -2.41. The van der Waals surface area contributed by atoms with E-state index >= 15 is 0 Å². The van der Waals surface area contributed by atoms with Crippen LogP contribution in [0.3, 0.4) is 0 Å². The summed E-state index contributed by atoms with van der Waals surface area (Å²) in [7, 11) is 2.14. The van der Waals surface area contributed by atoms with E-state index in [2.05, 4.69) is 129 Å². The minimum atomic E-state index is -0.350. The van der Waals surface area contributed by atoms with Crippen molar-refractivity contribution in [2.75, 3.05) is 0 Å². The molecule has 2 atom stereocenters. The van der Waals surface area contributed by atoms with Crippen molar-refractivity contribution in [1.82, 2.24) is 9.55 Å². The Labute approximate surface area is 271 Å². The second kappa shape index (κ2) is 9.65. The van der Waals surface area contributed by atoms with E-state index in [1.54, 1.807) is 0 Å². The molecule has 3 aromatic carbocycles. The number of nitrogens with zero attached hydrogens (tertiary/aromatic N) is 4. The van der Waals surface area contributed by atoms with E-state index in [1.807, 2.05) is 46.2 Å². The zero-order valence-electron chi connectivity index (χ0n) is 24.2. The largest absolute Gasteiger partial charge is 0.325 e. The molecule has 3 aromatic heterocycles. The third-order valence-corrected chi connectivity index (χ3v) is 14.4. The highest BCUT2D eigenvalue weighted by Gasteiger charge is 2.60. The minimum Gasteiger partial charge on any atom is -0.325 e. The lowest BCUT2D eigenvalue weighted by Crippen LogP contribution is -2.54. The van der Waals surface area contributed by atoms with Crippen LogP contribution in [0.5, 0.6) is 0 Å². The molecule has 214 valence electrons. The van der Waals surface area contributed by atoms with Gasteiger partial charge in [-0.25, -0.2) is 15.0 Å². The van der Waals surface area contributed by atoms with Gasteiger partial charge in [-0.1, -0.05) is 115 Å². The topological polar surface area (TPSA) is 42.5 Å². The predicted molar refractivity (Wildman–Crippen MR) is 191 cm³/mol. The van der Waals surface area contributed by atoms with Crippen LogP contribution in [0.25, 0.3) is 41.9 Å². The van der Waals surface area contributed by atoms with Crippen LogP contribution in [0.4, 0.5) is 0 Å². The quantitative estimate of drug-likeness (QED) is 0.195. The van der Waals surface area contributed by atoms with Gasteiger partial charge in [0, 0.05) is 32.5 Å². The average Bonchev–Trinajstić information content (AvgIpc) is 3.86. The highest BCUT2D eigenvalue weighted by molar-refractivity contribution is 8.20. The maximum atomic E-state index is 5.41. The van der Waals surface area contributed by atoms with E-state index in [9.17, 15) is 0 Å². The Balaban J connectivity index is 1.28. The number of fused-ring (bicyclic) bond motifs is 5. The molecule has 8 heteroatoms. The molecule has 0 amide bonds. The molecule has 9 rings (SSSR count). The van der Waals surface area contributed by atoms with Gasteiger partial charge in [-0.3, -0.25) is 0 Å². The molecule has 1 aliphatic carbocycles. The van der Waals surface area contributed by atoms with Gasteiger partial charge in [0.15, 0.2) is 5.82 Å². The minimum absolute atomic E-state index is 0.337. The summed E-state index contributed by atoms with van der Waals surface area (Å²) in [6.07, 6.45) is 0. The SMILES string of the molecule is Cn1c(-c2cc3sc(-c4ccccc4)cc3s2)nc2c1=C1N=C(c3ccccc3)SC1(C)C1(C)SC(c3ccccc3)=NC=21. The van der Waals surface area contributed by atoms with Crippen molar-refractivity contribution in [2.45, 2.75) is 23.3 Å². The Morgan fingerprint density at radius 2 is 1.07 bits per heavy atom. The first-order valence-corrected chi connectivity index (χ1v) is 17.8. The molecule has 0 spiro atoms. The lowest BCUT2D eigenvalue weighted by atomic mass is 9.84. The maximum absolute atomic E-state index is 5.41. The molecule has 3 aliphatic rings. The normalized spacial score (nSPS) is 22.2. The summed E-state index contributed by atoms with van der Waals surface area (Å²) >= 11 is 7.38. The fourth-order valence-electron chi connectivity index (χ4n) is 6.40. The summed E-state index contributed by atoms with van der Waals surface area (Å²) in [5, 5.41) is 4.13. The van der Waals surface area contributed by atoms with Crippen molar-refractivity contribution >= 4 is 77.1 Å². The van der Waals surface area contributed by atoms with E-state index < -0.39 is 0 Å². The number of aromatic nitrogens is 2. The first-order valence-electron chi connectivity index (χ1n) is 14.5. The molecule has 0 radical (unpaired) electrons. The summed E-state index contributed by atoms with van der Waals surface area (Å²) in [6.45, 7) is 4.69. The van der Waals surface area contributed by atoms with Crippen LogP contribution in [-0.4, -0.2) is 29.1 Å². The molecule has 5 heterocycles. The van der Waals surface area contributed by atoms with E-state index in [1.165, 1.54) is 24.7 Å². The predicted octanol–water partition coefficient (Wildman–Crippen LogP) is 8.16. The number of thioether (sulfide) groups is 2. The van der Waals surface area contributed by atoms with E-state index in [-0.39, 0.29) is 9.49 Å². The zero-order valence-corrected chi connectivity index (χ0v) is 27.5. The zero-order chi connectivity index (χ0) is 29.6. The second-order valence-corrected chi connectivity index (χ2v) is 16.5. The van der Waals surface area contributed by atoms with Gasteiger partial charge in [-0.05, 0) is 31.5 Å². The number of thiophene rings is 2. The van der Waals surface area contributed by atoms with Crippen molar-refractivity contribution in [3.8, 4) is 21.1 Å². The molecule has 2 unspecified atom stereocenters. The van der Waals surface area contributed by atoms with Crippen molar-refractivity contribution in [3.05, 3.63) is 125 Å². The van der Waals surface area contributed by atoms with Crippen LogP contribution >= 0.6 is 46.2 Å². The van der Waals surface area contributed by atoms with Gasteiger partial charge in [0.1, 0.15) is 15.4 Å². The monoisotopic (exact) mass is 642 g/mol. The van der Waals surface area contributed by atoms with Gasteiger partial charge < -0.3 is 4.57 Å². The fourth-order valence-corrected chi connectivity index (χ4v) is 11.7. The fraction of sp³-hybridized carbons (Fsp3) is 0.139. The number of hydrogen-bond donors (Lipinski definition) is 0. The van der Waals surface area contributed by atoms with Gasteiger partial charge in [-0.15, -0.1) is 22.7 Å². The van der Waals surface area contributed by atoms with Crippen LogP contribution in [0.1, 0.15) is 25.0 Å². The van der Waals surface area contributed by atoms with E-state index in [0.29, 0.717) is 0 Å². The van der Waals surface area contributed by atoms with Crippen LogP contribution in [0.2, 0.25) is 0 Å². The molecular formula is C36H26N4S4. The standard InChI is InChI=1S/C36H26N4S4/c1-35-30(38-33(43-35)22-15-9-5-10-16-22)28-29(31-36(35,2)44-34(39-31)23-17-11-6-12-18-23)40(3)32(37-28)27-20-26-25(42-27)19-24(41-26)21-13-7-4-8-14-21/h4-20H,1-3H3. The lowest BCUT2D eigenvalue weighted by molar-refractivity contribution is 0.662. The molecule has 2 aliphatic heterocycles. The second-order valence-electron chi connectivity index (χ2n) is 11.5. The molecule has 6 aromatic rings. The summed E-state index contributed by atoms with van der Waals surface area (Å²) in [4.78, 5) is 18.6. The average molecular weight is 643 g/mol. The Kier molecular flexibility index (Phi) is 5.86. The van der Waals surface area contributed by atoms with Crippen LogP contribution in [-0.2, 0) is 7.05 Å². The molecule has 0 bridgehead atoms. The van der Waals surface area contributed by atoms with Crippen molar-refractivity contribution < 1.29 is 0 Å². The Bertz CT molecular complexity index is 2280. The molecule has 44 heavy (non-hydrogen) atoms. The molecule has 0 N–H and O–H groups in total. The van der Waals surface area contributed by atoms with Gasteiger partial charge in [0.25, 0.3) is 0 Å². The highest BCUT2D eigenvalue weighted by atomic mass is 32.2. The first-order chi connectivity index (χ1) is 21.4. The van der Waals surface area contributed by atoms with Crippen LogP contribution in [0, 0.1) is 0 Å². The number of imidazole rings is 1. The van der Waals surface area contributed by atoms with E-state index in [0.717, 1.165) is 49.1 Å². The van der Waals surface area contributed by atoms with Gasteiger partial charge in [0.05, 0.1) is 31.1 Å². The van der Waals surface area contributed by atoms with Crippen molar-refractivity contribution in [1.29, 1.82) is 0 Å². The number of benzene rings is 3. The first kappa shape index (κ1) is 26.7. The maximum Gasteiger partial charge on any atom is 0.151 e. The Morgan fingerprint density at radius 1 is 0.591 bits per heavy atom. The Hall–Kier alpha value is -3.69. The summed E-state index contributed by atoms with van der Waals surface area (Å²) in [5.41, 5.74) is 5.69. The van der Waals surface area contributed by atoms with E-state index in [4.69, 9.17) is 15.0 Å². The molecule has 0 saturated heterocycles. The summed E-state index contributed by atoms with van der Waals surface area (Å²) in [6, 6.07) is 36.4.